The molecule has 0 aliphatic carbocycles. The van der Waals surface area contributed by atoms with Crippen molar-refractivity contribution in [1.29, 1.82) is 0 Å². The van der Waals surface area contributed by atoms with Crippen LogP contribution in [0.1, 0.15) is 0 Å². The molecule has 0 saturated carbocycles. The molecule has 7 nitrogen and oxygen atoms in total. The van der Waals surface area contributed by atoms with Crippen LogP contribution in [0.4, 0.5) is 5.82 Å². The summed E-state index contributed by atoms with van der Waals surface area (Å²) in [6, 6.07) is 14.6. The summed E-state index contributed by atoms with van der Waals surface area (Å²) >= 11 is 2.16. The van der Waals surface area contributed by atoms with Crippen LogP contribution in [-0.2, 0) is 10.0 Å². The predicted molar refractivity (Wildman–Crippen MR) is 115 cm³/mol. The van der Waals surface area contributed by atoms with E-state index in [1.54, 1.807) is 24.5 Å². The van der Waals surface area contributed by atoms with Gasteiger partial charge in [-0.2, -0.15) is 4.31 Å². The number of piperazine rings is 1. The molecule has 1 aliphatic heterocycles. The second-order valence-corrected chi connectivity index (χ2v) is 9.55. The summed E-state index contributed by atoms with van der Waals surface area (Å²) in [5.41, 5.74) is 1.67. The maximum Gasteiger partial charge on any atom is 0.243 e. The van der Waals surface area contributed by atoms with E-state index in [4.69, 9.17) is 0 Å². The Labute approximate surface area is 177 Å². The van der Waals surface area contributed by atoms with Crippen molar-refractivity contribution in [2.45, 2.75) is 4.90 Å². The summed E-state index contributed by atoms with van der Waals surface area (Å²) in [6.45, 7) is 1.98. The maximum absolute atomic E-state index is 12.8. The monoisotopic (exact) mass is 507 g/mol. The molecule has 0 bridgehead atoms. The van der Waals surface area contributed by atoms with Gasteiger partial charge in [-0.1, -0.05) is 0 Å². The maximum atomic E-state index is 12.8. The normalized spacial score (nSPS) is 15.5. The van der Waals surface area contributed by atoms with E-state index in [0.29, 0.717) is 31.1 Å². The Kier molecular flexibility index (Phi) is 5.56. The first kappa shape index (κ1) is 19.2. The van der Waals surface area contributed by atoms with Crippen LogP contribution in [0.3, 0.4) is 0 Å². The van der Waals surface area contributed by atoms with Gasteiger partial charge < -0.3 is 4.90 Å². The molecule has 3 aromatic rings. The molecule has 0 unspecified atom stereocenters. The molecular weight excluding hydrogens is 489 g/mol. The van der Waals surface area contributed by atoms with E-state index in [-0.39, 0.29) is 0 Å². The SMILES string of the molecule is O=S(=O)(c1ccc(I)cc1)N1CCN(c2ccc(-c3cccnc3)nn2)CC1. The number of sulfonamides is 1. The fourth-order valence-corrected chi connectivity index (χ4v) is 4.86. The second-order valence-electron chi connectivity index (χ2n) is 6.36. The number of rotatable bonds is 4. The third-order valence-electron chi connectivity index (χ3n) is 4.62. The zero-order valence-corrected chi connectivity index (χ0v) is 17.9. The van der Waals surface area contributed by atoms with Crippen LogP contribution in [0.5, 0.6) is 0 Å². The van der Waals surface area contributed by atoms with E-state index in [0.717, 1.165) is 20.6 Å². The summed E-state index contributed by atoms with van der Waals surface area (Å²) in [4.78, 5) is 6.48. The van der Waals surface area contributed by atoms with E-state index in [9.17, 15) is 8.42 Å². The van der Waals surface area contributed by atoms with Crippen molar-refractivity contribution in [2.75, 3.05) is 31.1 Å². The van der Waals surface area contributed by atoms with Crippen LogP contribution < -0.4 is 4.90 Å². The number of pyridine rings is 1. The zero-order valence-electron chi connectivity index (χ0n) is 14.9. The molecule has 4 rings (SSSR count). The topological polar surface area (TPSA) is 79.3 Å². The Morgan fingerprint density at radius 2 is 1.64 bits per heavy atom. The molecule has 1 saturated heterocycles. The summed E-state index contributed by atoms with van der Waals surface area (Å²) in [5.74, 6) is 0.749. The third-order valence-corrected chi connectivity index (χ3v) is 7.25. The van der Waals surface area contributed by atoms with Gasteiger partial charge in [-0.15, -0.1) is 10.2 Å². The first-order valence-electron chi connectivity index (χ1n) is 8.79. The first-order valence-corrected chi connectivity index (χ1v) is 11.3. The Bertz CT molecular complexity index is 1040. The van der Waals surface area contributed by atoms with Crippen molar-refractivity contribution in [3.8, 4) is 11.3 Å². The van der Waals surface area contributed by atoms with Gasteiger partial charge in [0.25, 0.3) is 0 Å². The van der Waals surface area contributed by atoms with Gasteiger partial charge in [0.1, 0.15) is 0 Å². The Morgan fingerprint density at radius 1 is 0.893 bits per heavy atom. The number of hydrogen-bond donors (Lipinski definition) is 0. The van der Waals surface area contributed by atoms with Gasteiger partial charge in [0.15, 0.2) is 5.82 Å². The second kappa shape index (κ2) is 8.10. The molecule has 1 aromatic carbocycles. The van der Waals surface area contributed by atoms with Gasteiger partial charge in [-0.05, 0) is 71.1 Å². The lowest BCUT2D eigenvalue weighted by molar-refractivity contribution is 0.383. The Hall–Kier alpha value is -2.11. The minimum Gasteiger partial charge on any atom is -0.352 e. The molecule has 28 heavy (non-hydrogen) atoms. The standard InChI is InChI=1S/C19H18IN5O2S/c20-16-3-5-17(6-4-16)28(26,27)25-12-10-24(11-13-25)19-8-7-18(22-23-19)15-2-1-9-21-14-15/h1-9,14H,10-13H2. The molecule has 9 heteroatoms. The lowest BCUT2D eigenvalue weighted by atomic mass is 10.2. The van der Waals surface area contributed by atoms with Crippen molar-refractivity contribution < 1.29 is 8.42 Å². The summed E-state index contributed by atoms with van der Waals surface area (Å²) in [5, 5.41) is 8.60. The van der Waals surface area contributed by atoms with Crippen molar-refractivity contribution in [2.24, 2.45) is 0 Å². The van der Waals surface area contributed by atoms with Crippen LogP contribution in [0, 0.1) is 3.57 Å². The van der Waals surface area contributed by atoms with Crippen molar-refractivity contribution in [3.05, 3.63) is 64.5 Å². The van der Waals surface area contributed by atoms with Crippen molar-refractivity contribution in [3.63, 3.8) is 0 Å². The molecular formula is C19H18IN5O2S. The number of nitrogens with zero attached hydrogens (tertiary/aromatic N) is 5. The lowest BCUT2D eigenvalue weighted by Gasteiger charge is -2.34. The average molecular weight is 507 g/mol. The molecule has 1 fully saturated rings. The fourth-order valence-electron chi connectivity index (χ4n) is 3.08. The molecule has 3 heterocycles. The largest absolute Gasteiger partial charge is 0.352 e. The van der Waals surface area contributed by atoms with Gasteiger partial charge >= 0.3 is 0 Å². The molecule has 0 atom stereocenters. The lowest BCUT2D eigenvalue weighted by Crippen LogP contribution is -2.49. The predicted octanol–water partition coefficient (Wildman–Crippen LogP) is 2.65. The van der Waals surface area contributed by atoms with Gasteiger partial charge in [-0.25, -0.2) is 8.42 Å². The number of aromatic nitrogens is 3. The van der Waals surface area contributed by atoms with E-state index in [2.05, 4.69) is 42.7 Å². The summed E-state index contributed by atoms with van der Waals surface area (Å²) in [7, 11) is -3.47. The quantitative estimate of drug-likeness (QED) is 0.506. The van der Waals surface area contributed by atoms with E-state index < -0.39 is 10.0 Å². The van der Waals surface area contributed by atoms with Crippen LogP contribution in [0.2, 0.25) is 0 Å². The van der Waals surface area contributed by atoms with Crippen LogP contribution >= 0.6 is 22.6 Å². The third kappa shape index (κ3) is 4.01. The highest BCUT2D eigenvalue weighted by Crippen LogP contribution is 2.22. The van der Waals surface area contributed by atoms with Gasteiger partial charge in [-0.3, -0.25) is 4.98 Å². The van der Waals surface area contributed by atoms with E-state index >= 15 is 0 Å². The number of benzene rings is 1. The van der Waals surface area contributed by atoms with Gasteiger partial charge in [0, 0.05) is 47.7 Å². The van der Waals surface area contributed by atoms with Crippen LogP contribution in [-0.4, -0.2) is 54.1 Å². The van der Waals surface area contributed by atoms with Crippen LogP contribution in [0.25, 0.3) is 11.3 Å². The minimum absolute atomic E-state index is 0.335. The fraction of sp³-hybridized carbons (Fsp3) is 0.211. The average Bonchev–Trinajstić information content (AvgIpc) is 2.75. The van der Waals surface area contributed by atoms with Crippen LogP contribution in [0.15, 0.2) is 65.8 Å². The minimum atomic E-state index is -3.47. The smallest absolute Gasteiger partial charge is 0.243 e. The van der Waals surface area contributed by atoms with Gasteiger partial charge in [0.2, 0.25) is 10.0 Å². The zero-order chi connectivity index (χ0) is 19.6. The number of halogens is 1. The first-order chi connectivity index (χ1) is 13.5. The number of hydrogen-bond acceptors (Lipinski definition) is 6. The van der Waals surface area contributed by atoms with Gasteiger partial charge in [0.05, 0.1) is 10.6 Å². The molecule has 0 N–H and O–H groups in total. The molecule has 1 aliphatic rings. The highest BCUT2D eigenvalue weighted by atomic mass is 127. The summed E-state index contributed by atoms with van der Waals surface area (Å²) < 4.78 is 28.2. The molecule has 2 aromatic heterocycles. The molecule has 0 spiro atoms. The van der Waals surface area contributed by atoms with Crippen molar-refractivity contribution >= 4 is 38.4 Å². The Morgan fingerprint density at radius 3 is 2.25 bits per heavy atom. The van der Waals surface area contributed by atoms with E-state index in [1.807, 2.05) is 36.4 Å². The Balaban J connectivity index is 1.43. The summed E-state index contributed by atoms with van der Waals surface area (Å²) in [6.07, 6.45) is 3.47. The highest BCUT2D eigenvalue weighted by molar-refractivity contribution is 14.1. The number of anilines is 1. The molecule has 0 amide bonds. The van der Waals surface area contributed by atoms with Crippen molar-refractivity contribution in [1.82, 2.24) is 19.5 Å². The molecule has 0 radical (unpaired) electrons. The highest BCUT2D eigenvalue weighted by Gasteiger charge is 2.29. The van der Waals surface area contributed by atoms with E-state index in [1.165, 1.54) is 4.31 Å². The molecule has 144 valence electrons.